The zero-order valence-corrected chi connectivity index (χ0v) is 12.1. The van der Waals surface area contributed by atoms with Crippen molar-refractivity contribution >= 4 is 27.3 Å². The highest BCUT2D eigenvalue weighted by atomic mass is 35.5. The summed E-state index contributed by atoms with van der Waals surface area (Å²) in [5.74, 6) is 0. The summed E-state index contributed by atoms with van der Waals surface area (Å²) in [4.78, 5) is 0.00891. The van der Waals surface area contributed by atoms with Gasteiger partial charge in [0, 0.05) is 25.9 Å². The second-order valence-electron chi connectivity index (χ2n) is 4.02. The highest BCUT2D eigenvalue weighted by Gasteiger charge is 2.27. The van der Waals surface area contributed by atoms with E-state index in [2.05, 4.69) is 0 Å². The molecule has 102 valence electrons. The SMILES string of the molecule is COCC(C)N(C)S(=O)(=O)c1cc(N)ccc1Cl. The molecule has 1 unspecified atom stereocenters. The number of ether oxygens (including phenoxy) is 1. The van der Waals surface area contributed by atoms with Gasteiger partial charge in [0.2, 0.25) is 10.0 Å². The molecule has 1 atom stereocenters. The number of halogens is 1. The number of hydrogen-bond donors (Lipinski definition) is 1. The third-order valence-electron chi connectivity index (χ3n) is 2.64. The Hall–Kier alpha value is -0.820. The molecular formula is C11H17ClN2O3S. The fourth-order valence-corrected chi connectivity index (χ4v) is 3.31. The number of methoxy groups -OCH3 is 1. The van der Waals surface area contributed by atoms with Crippen LogP contribution in [-0.4, -0.2) is 39.5 Å². The van der Waals surface area contributed by atoms with Gasteiger partial charge in [0.1, 0.15) is 4.90 Å². The van der Waals surface area contributed by atoms with Gasteiger partial charge in [-0.05, 0) is 25.1 Å². The van der Waals surface area contributed by atoms with Crippen LogP contribution in [0, 0.1) is 0 Å². The third-order valence-corrected chi connectivity index (χ3v) is 5.09. The molecule has 1 aromatic rings. The van der Waals surface area contributed by atoms with Crippen molar-refractivity contribution in [2.75, 3.05) is 26.5 Å². The molecule has 0 aliphatic heterocycles. The molecule has 0 aromatic heterocycles. The van der Waals surface area contributed by atoms with Gasteiger partial charge in [-0.2, -0.15) is 4.31 Å². The molecule has 0 spiro atoms. The van der Waals surface area contributed by atoms with Crippen molar-refractivity contribution in [2.45, 2.75) is 17.9 Å². The average Bonchev–Trinajstić information content (AvgIpc) is 2.31. The molecule has 0 aliphatic rings. The fraction of sp³-hybridized carbons (Fsp3) is 0.455. The lowest BCUT2D eigenvalue weighted by atomic mass is 10.3. The molecule has 7 heteroatoms. The van der Waals surface area contributed by atoms with E-state index in [4.69, 9.17) is 22.1 Å². The van der Waals surface area contributed by atoms with Crippen molar-refractivity contribution in [3.63, 3.8) is 0 Å². The Morgan fingerprint density at radius 3 is 2.67 bits per heavy atom. The van der Waals surface area contributed by atoms with Gasteiger partial charge < -0.3 is 10.5 Å². The normalized spacial score (nSPS) is 13.8. The first-order chi connectivity index (χ1) is 8.30. The van der Waals surface area contributed by atoms with Gasteiger partial charge in [0.15, 0.2) is 0 Å². The van der Waals surface area contributed by atoms with Crippen LogP contribution in [0.4, 0.5) is 5.69 Å². The number of rotatable bonds is 5. The number of benzene rings is 1. The minimum Gasteiger partial charge on any atom is -0.399 e. The fourth-order valence-electron chi connectivity index (χ4n) is 1.46. The van der Waals surface area contributed by atoms with Gasteiger partial charge in [0.05, 0.1) is 11.6 Å². The Labute approximate surface area is 113 Å². The van der Waals surface area contributed by atoms with Crippen LogP contribution in [0.25, 0.3) is 0 Å². The number of nitrogen functional groups attached to an aromatic ring is 1. The second-order valence-corrected chi connectivity index (χ2v) is 6.39. The summed E-state index contributed by atoms with van der Waals surface area (Å²) in [7, 11) is -0.669. The van der Waals surface area contributed by atoms with E-state index in [-0.39, 0.29) is 16.0 Å². The van der Waals surface area contributed by atoms with E-state index in [1.54, 1.807) is 13.0 Å². The van der Waals surface area contributed by atoms with E-state index >= 15 is 0 Å². The van der Waals surface area contributed by atoms with Gasteiger partial charge in [-0.25, -0.2) is 8.42 Å². The van der Waals surface area contributed by atoms with Gasteiger partial charge in [-0.1, -0.05) is 11.6 Å². The van der Waals surface area contributed by atoms with Crippen molar-refractivity contribution in [2.24, 2.45) is 0 Å². The van der Waals surface area contributed by atoms with Crippen LogP contribution < -0.4 is 5.73 Å². The number of sulfonamides is 1. The molecule has 0 fully saturated rings. The van der Waals surface area contributed by atoms with Crippen molar-refractivity contribution in [3.05, 3.63) is 23.2 Å². The topological polar surface area (TPSA) is 72.6 Å². The molecule has 5 nitrogen and oxygen atoms in total. The summed E-state index contributed by atoms with van der Waals surface area (Å²) in [6.07, 6.45) is 0. The van der Waals surface area contributed by atoms with Gasteiger partial charge in [-0.3, -0.25) is 0 Å². The molecule has 0 saturated carbocycles. The Morgan fingerprint density at radius 1 is 1.50 bits per heavy atom. The van der Waals surface area contributed by atoms with Crippen molar-refractivity contribution < 1.29 is 13.2 Å². The largest absolute Gasteiger partial charge is 0.399 e. The summed E-state index contributed by atoms with van der Waals surface area (Å²) in [6, 6.07) is 4.09. The van der Waals surface area contributed by atoms with E-state index in [1.807, 2.05) is 0 Å². The first-order valence-electron chi connectivity index (χ1n) is 5.32. The van der Waals surface area contributed by atoms with Crippen LogP contribution >= 0.6 is 11.6 Å². The Morgan fingerprint density at radius 2 is 2.11 bits per heavy atom. The number of likely N-dealkylation sites (N-methyl/N-ethyl adjacent to an activating group) is 1. The average molecular weight is 293 g/mol. The van der Waals surface area contributed by atoms with Crippen LogP contribution in [0.5, 0.6) is 0 Å². The lowest BCUT2D eigenvalue weighted by Gasteiger charge is -2.24. The monoisotopic (exact) mass is 292 g/mol. The van der Waals surface area contributed by atoms with Crippen LogP contribution in [0.2, 0.25) is 5.02 Å². The predicted molar refractivity (Wildman–Crippen MR) is 72.2 cm³/mol. The first-order valence-corrected chi connectivity index (χ1v) is 7.14. The number of nitrogens with zero attached hydrogens (tertiary/aromatic N) is 1. The molecule has 18 heavy (non-hydrogen) atoms. The molecule has 0 saturated heterocycles. The van der Waals surface area contributed by atoms with Gasteiger partial charge in [-0.15, -0.1) is 0 Å². The minimum atomic E-state index is -3.67. The molecule has 2 N–H and O–H groups in total. The molecule has 0 bridgehead atoms. The molecule has 0 amide bonds. The molecule has 1 rings (SSSR count). The summed E-state index contributed by atoms with van der Waals surface area (Å²) < 4.78 is 30.9. The maximum Gasteiger partial charge on any atom is 0.244 e. The summed E-state index contributed by atoms with van der Waals surface area (Å²) >= 11 is 5.91. The maximum absolute atomic E-state index is 12.4. The predicted octanol–water partition coefficient (Wildman–Crippen LogP) is 1.58. The third kappa shape index (κ3) is 3.14. The van der Waals surface area contributed by atoms with Gasteiger partial charge >= 0.3 is 0 Å². The molecular weight excluding hydrogens is 276 g/mol. The van der Waals surface area contributed by atoms with E-state index in [0.717, 1.165) is 0 Å². The van der Waals surface area contributed by atoms with Gasteiger partial charge in [0.25, 0.3) is 0 Å². The van der Waals surface area contributed by atoms with Crippen LogP contribution in [0.1, 0.15) is 6.92 Å². The smallest absolute Gasteiger partial charge is 0.244 e. The number of hydrogen-bond acceptors (Lipinski definition) is 4. The lowest BCUT2D eigenvalue weighted by Crippen LogP contribution is -2.37. The van der Waals surface area contributed by atoms with E-state index in [0.29, 0.717) is 12.3 Å². The zero-order valence-electron chi connectivity index (χ0n) is 10.6. The molecule has 0 radical (unpaired) electrons. The summed E-state index contributed by atoms with van der Waals surface area (Å²) in [5.41, 5.74) is 5.95. The molecule has 1 aromatic carbocycles. The van der Waals surface area contributed by atoms with E-state index < -0.39 is 10.0 Å². The number of anilines is 1. The van der Waals surface area contributed by atoms with E-state index in [9.17, 15) is 8.42 Å². The van der Waals surface area contributed by atoms with Crippen LogP contribution in [0.3, 0.4) is 0 Å². The molecule has 0 aliphatic carbocycles. The minimum absolute atomic E-state index is 0.00891. The van der Waals surface area contributed by atoms with Crippen LogP contribution in [0.15, 0.2) is 23.1 Å². The zero-order chi connectivity index (χ0) is 13.9. The highest BCUT2D eigenvalue weighted by molar-refractivity contribution is 7.89. The van der Waals surface area contributed by atoms with Crippen molar-refractivity contribution in [1.82, 2.24) is 4.31 Å². The lowest BCUT2D eigenvalue weighted by molar-refractivity contribution is 0.149. The standard InChI is InChI=1S/C11H17ClN2O3S/c1-8(7-17-3)14(2)18(15,16)11-6-9(13)4-5-10(11)12/h4-6,8H,7,13H2,1-3H3. The van der Waals surface area contributed by atoms with Crippen LogP contribution in [-0.2, 0) is 14.8 Å². The summed E-state index contributed by atoms with van der Waals surface area (Å²) in [5, 5.41) is 0.153. The second kappa shape index (κ2) is 5.88. The Balaban J connectivity index is 3.17. The Bertz CT molecular complexity index is 519. The van der Waals surface area contributed by atoms with Crippen molar-refractivity contribution in [1.29, 1.82) is 0 Å². The van der Waals surface area contributed by atoms with E-state index in [1.165, 1.54) is 30.6 Å². The Kier molecular flexibility index (Phi) is 4.98. The summed E-state index contributed by atoms with van der Waals surface area (Å²) in [6.45, 7) is 2.05. The number of nitrogens with two attached hydrogens (primary N) is 1. The molecule has 0 heterocycles. The quantitative estimate of drug-likeness (QED) is 0.836. The maximum atomic E-state index is 12.4. The highest BCUT2D eigenvalue weighted by Crippen LogP contribution is 2.27. The van der Waals surface area contributed by atoms with Crippen molar-refractivity contribution in [3.8, 4) is 0 Å². The first kappa shape index (κ1) is 15.2.